The van der Waals surface area contributed by atoms with Gasteiger partial charge in [-0.1, -0.05) is 63.1 Å². The number of benzene rings is 2. The van der Waals surface area contributed by atoms with Gasteiger partial charge < -0.3 is 4.90 Å². The van der Waals surface area contributed by atoms with E-state index < -0.39 is 7.55 Å². The van der Waals surface area contributed by atoms with Gasteiger partial charge in [0.05, 0.1) is 0 Å². The summed E-state index contributed by atoms with van der Waals surface area (Å²) < 4.78 is 0. The van der Waals surface area contributed by atoms with E-state index >= 15 is 0 Å². The molecule has 0 bridgehead atoms. The molecule has 1 amide bonds. The summed E-state index contributed by atoms with van der Waals surface area (Å²) in [5, 5.41) is 2.45. The first-order chi connectivity index (χ1) is 12.3. The van der Waals surface area contributed by atoms with Crippen molar-refractivity contribution < 1.29 is 4.79 Å². The van der Waals surface area contributed by atoms with Crippen molar-refractivity contribution in [3.63, 3.8) is 0 Å². The maximum atomic E-state index is 13.0. The maximum Gasteiger partial charge on any atom is 0.289 e. The molecule has 0 unspecified atom stereocenters. The minimum Gasteiger partial charge on any atom is -0.336 e. The molecule has 0 atom stereocenters. The first-order valence-corrected chi connectivity index (χ1v) is 10.7. The van der Waals surface area contributed by atoms with E-state index in [4.69, 9.17) is 0 Å². The fourth-order valence-electron chi connectivity index (χ4n) is 2.70. The van der Waals surface area contributed by atoms with E-state index in [9.17, 15) is 4.79 Å². The highest BCUT2D eigenvalue weighted by molar-refractivity contribution is 7.73. The van der Waals surface area contributed by atoms with Crippen LogP contribution in [0.25, 0.3) is 0 Å². The van der Waals surface area contributed by atoms with Crippen molar-refractivity contribution in [3.05, 3.63) is 60.7 Å². The van der Waals surface area contributed by atoms with Crippen molar-refractivity contribution in [2.24, 2.45) is 0 Å². The molecule has 0 N–H and O–H groups in total. The van der Waals surface area contributed by atoms with Crippen LogP contribution in [0, 0.1) is 0 Å². The number of unbranched alkanes of at least 4 members (excludes halogenated alkanes) is 2. The highest BCUT2D eigenvalue weighted by Gasteiger charge is 2.22. The lowest BCUT2D eigenvalue weighted by Crippen LogP contribution is -2.34. The molecule has 0 saturated heterocycles. The summed E-state index contributed by atoms with van der Waals surface area (Å²) in [4.78, 5) is 15.0. The number of carbonyl (C=O) groups excluding carboxylic acids is 1. The van der Waals surface area contributed by atoms with Gasteiger partial charge in [-0.2, -0.15) is 0 Å². The molecule has 0 radical (unpaired) electrons. The average Bonchev–Trinajstić information content (AvgIpc) is 2.67. The topological polar surface area (TPSA) is 20.3 Å². The van der Waals surface area contributed by atoms with Crippen molar-refractivity contribution in [1.82, 2.24) is 4.90 Å². The Bertz CT molecular complexity index is 617. The summed E-state index contributed by atoms with van der Waals surface area (Å²) in [7, 11) is -0.769. The quantitative estimate of drug-likeness (QED) is 0.613. The van der Waals surface area contributed by atoms with Gasteiger partial charge in [-0.15, -0.1) is 0 Å². The number of carbonyl (C=O) groups is 1. The third kappa shape index (κ3) is 6.14. The van der Waals surface area contributed by atoms with E-state index in [-0.39, 0.29) is 5.91 Å². The molecule has 132 valence electrons. The summed E-state index contributed by atoms with van der Waals surface area (Å²) in [6.45, 7) is 6.07. The molecular formula is C22H29NOP+. The lowest BCUT2D eigenvalue weighted by atomic mass is 10.2. The largest absolute Gasteiger partial charge is 0.336 e. The van der Waals surface area contributed by atoms with Crippen LogP contribution < -0.4 is 10.6 Å². The van der Waals surface area contributed by atoms with Crippen molar-refractivity contribution >= 4 is 29.9 Å². The second-order valence-electron chi connectivity index (χ2n) is 6.20. The zero-order valence-corrected chi connectivity index (χ0v) is 16.3. The molecule has 0 aliphatic carbocycles. The van der Waals surface area contributed by atoms with Crippen LogP contribution in [0.1, 0.15) is 39.5 Å². The molecule has 0 saturated carbocycles. The van der Waals surface area contributed by atoms with Crippen LogP contribution in [-0.4, -0.2) is 29.7 Å². The van der Waals surface area contributed by atoms with E-state index in [0.29, 0.717) is 0 Å². The summed E-state index contributed by atoms with van der Waals surface area (Å²) in [5.74, 6) is 2.14. The SMILES string of the molecule is CCCCN(CCCC)C(=O)C=[P+](c1ccccc1)c1ccccc1. The lowest BCUT2D eigenvalue weighted by molar-refractivity contribution is -0.123. The molecule has 2 aromatic carbocycles. The van der Waals surface area contributed by atoms with Crippen LogP contribution in [0.3, 0.4) is 0 Å². The molecular weight excluding hydrogens is 325 g/mol. The number of rotatable bonds is 9. The number of hydrogen-bond acceptors (Lipinski definition) is 1. The van der Waals surface area contributed by atoms with Gasteiger partial charge in [0.2, 0.25) is 0 Å². The zero-order chi connectivity index (χ0) is 17.9. The Morgan fingerprint density at radius 3 is 1.68 bits per heavy atom. The van der Waals surface area contributed by atoms with Crippen molar-refractivity contribution in [1.29, 1.82) is 0 Å². The van der Waals surface area contributed by atoms with Crippen molar-refractivity contribution in [2.45, 2.75) is 39.5 Å². The van der Waals surface area contributed by atoms with Gasteiger partial charge in [0.1, 0.15) is 0 Å². The zero-order valence-electron chi connectivity index (χ0n) is 15.4. The second kappa shape index (κ2) is 10.8. The van der Waals surface area contributed by atoms with E-state index in [2.05, 4.69) is 62.4 Å². The highest BCUT2D eigenvalue weighted by Crippen LogP contribution is 2.21. The molecule has 0 aliphatic rings. The van der Waals surface area contributed by atoms with Crippen LogP contribution in [0.4, 0.5) is 0 Å². The molecule has 0 spiro atoms. The fourth-order valence-corrected chi connectivity index (χ4v) is 4.66. The smallest absolute Gasteiger partial charge is 0.289 e. The molecule has 0 aliphatic heterocycles. The van der Waals surface area contributed by atoms with E-state index in [0.717, 1.165) is 38.8 Å². The van der Waals surface area contributed by atoms with Crippen LogP contribution in [0.15, 0.2) is 60.7 Å². The number of hydrogen-bond donors (Lipinski definition) is 0. The van der Waals surface area contributed by atoms with Crippen molar-refractivity contribution in [3.8, 4) is 0 Å². The third-order valence-electron chi connectivity index (χ3n) is 4.18. The summed E-state index contributed by atoms with van der Waals surface area (Å²) in [5.41, 5.74) is 0. The predicted molar refractivity (Wildman–Crippen MR) is 112 cm³/mol. The minimum absolute atomic E-state index is 0.181. The van der Waals surface area contributed by atoms with Gasteiger partial charge in [-0.3, -0.25) is 4.79 Å². The Labute approximate surface area is 153 Å². The van der Waals surface area contributed by atoms with Crippen LogP contribution in [0.5, 0.6) is 0 Å². The predicted octanol–water partition coefficient (Wildman–Crippen LogP) is 4.35. The minimum atomic E-state index is -0.769. The Morgan fingerprint density at radius 1 is 0.840 bits per heavy atom. The first-order valence-electron chi connectivity index (χ1n) is 9.29. The second-order valence-corrected chi connectivity index (χ2v) is 8.23. The normalized spacial score (nSPS) is 10.3. The fraction of sp³-hybridized carbons (Fsp3) is 0.364. The Kier molecular flexibility index (Phi) is 8.42. The van der Waals surface area contributed by atoms with Gasteiger partial charge in [0, 0.05) is 13.1 Å². The molecule has 2 aromatic rings. The third-order valence-corrected chi connectivity index (χ3v) is 6.37. The molecule has 2 nitrogen and oxygen atoms in total. The standard InChI is InChI=1S/C22H29NOP/c1-3-5-17-23(18-6-4-2)22(24)19-25(20-13-9-7-10-14-20)21-15-11-8-12-16-21/h7-16,19H,3-6,17-18H2,1-2H3/q+1. The number of amides is 1. The lowest BCUT2D eigenvalue weighted by Gasteiger charge is -2.19. The monoisotopic (exact) mass is 354 g/mol. The first kappa shape index (κ1) is 19.4. The average molecular weight is 354 g/mol. The van der Waals surface area contributed by atoms with Crippen molar-refractivity contribution in [2.75, 3.05) is 13.1 Å². The number of nitrogens with zero attached hydrogens (tertiary/aromatic N) is 1. The van der Waals surface area contributed by atoms with Gasteiger partial charge in [0.25, 0.3) is 5.91 Å². The van der Waals surface area contributed by atoms with E-state index in [1.54, 1.807) is 0 Å². The van der Waals surface area contributed by atoms with Gasteiger partial charge in [-0.05, 0) is 37.1 Å². The Balaban J connectivity index is 2.33. The Hall–Kier alpha value is -1.92. The summed E-state index contributed by atoms with van der Waals surface area (Å²) in [6.07, 6.45) is 4.36. The van der Waals surface area contributed by atoms with Crippen LogP contribution in [-0.2, 0) is 4.79 Å². The molecule has 0 aromatic heterocycles. The summed E-state index contributed by atoms with van der Waals surface area (Å²) >= 11 is 0. The van der Waals surface area contributed by atoms with Crippen LogP contribution in [0.2, 0.25) is 0 Å². The van der Waals surface area contributed by atoms with E-state index in [1.165, 1.54) is 10.6 Å². The van der Waals surface area contributed by atoms with Gasteiger partial charge in [-0.25, -0.2) is 0 Å². The molecule has 0 fully saturated rings. The van der Waals surface area contributed by atoms with Crippen LogP contribution >= 0.6 is 7.55 Å². The Morgan fingerprint density at radius 2 is 1.28 bits per heavy atom. The highest BCUT2D eigenvalue weighted by atomic mass is 31.1. The molecule has 2 rings (SSSR count). The molecule has 3 heteroatoms. The molecule has 0 heterocycles. The summed E-state index contributed by atoms with van der Waals surface area (Å²) in [6, 6.07) is 20.8. The van der Waals surface area contributed by atoms with Gasteiger partial charge in [0.15, 0.2) is 24.0 Å². The maximum absolute atomic E-state index is 13.0. The van der Waals surface area contributed by atoms with Gasteiger partial charge >= 0.3 is 0 Å². The van der Waals surface area contributed by atoms with E-state index in [1.807, 2.05) is 22.8 Å². The molecule has 25 heavy (non-hydrogen) atoms.